The van der Waals surface area contributed by atoms with Crippen molar-refractivity contribution in [2.75, 3.05) is 6.54 Å². The normalized spacial score (nSPS) is 22.1. The summed E-state index contributed by atoms with van der Waals surface area (Å²) < 4.78 is 41.5. The molecule has 0 spiro atoms. The lowest BCUT2D eigenvalue weighted by Gasteiger charge is -2.26. The number of likely N-dealkylation sites (tertiary alicyclic amines) is 1. The molecule has 2 aliphatic rings. The lowest BCUT2D eigenvalue weighted by molar-refractivity contribution is -0.149. The lowest BCUT2D eigenvalue weighted by Crippen LogP contribution is -2.46. The number of pyridine rings is 1. The van der Waals surface area contributed by atoms with E-state index in [-0.39, 0.29) is 46.4 Å². The minimum atomic E-state index is -4.04. The number of aliphatic carboxylic acids is 1. The molecule has 0 bridgehead atoms. The quantitative estimate of drug-likeness (QED) is 0.590. The number of carboxylic acid groups (broad SMARTS) is 1. The van der Waals surface area contributed by atoms with E-state index in [0.717, 1.165) is 11.0 Å². The number of sulfone groups is 1. The zero-order valence-corrected chi connectivity index (χ0v) is 20.2. The van der Waals surface area contributed by atoms with Gasteiger partial charge in [-0.25, -0.2) is 17.6 Å². The third-order valence-corrected chi connectivity index (χ3v) is 9.18. The predicted molar refractivity (Wildman–Crippen MR) is 118 cm³/mol. The number of amides is 1. The summed E-state index contributed by atoms with van der Waals surface area (Å²) in [6, 6.07) is 3.94. The molecule has 1 saturated carbocycles. The topological polar surface area (TPSA) is 105 Å². The van der Waals surface area contributed by atoms with E-state index < -0.39 is 44.2 Å². The summed E-state index contributed by atoms with van der Waals surface area (Å²) in [4.78, 5) is 30.1. The molecule has 32 heavy (non-hydrogen) atoms. The smallest absolute Gasteiger partial charge is 0.326 e. The van der Waals surface area contributed by atoms with Gasteiger partial charge >= 0.3 is 5.97 Å². The number of hydrogen-bond donors (Lipinski definition) is 1. The average Bonchev–Trinajstić information content (AvgIpc) is 3.36. The number of carbonyl (C=O) groups is 2. The van der Waals surface area contributed by atoms with Crippen LogP contribution in [-0.4, -0.2) is 53.1 Å². The number of carbonyl (C=O) groups excluding carboxylic acids is 1. The van der Waals surface area contributed by atoms with Crippen LogP contribution in [0.1, 0.15) is 25.0 Å². The van der Waals surface area contributed by atoms with Crippen molar-refractivity contribution >= 4 is 60.8 Å². The van der Waals surface area contributed by atoms with Gasteiger partial charge in [-0.3, -0.25) is 9.78 Å². The Morgan fingerprint density at radius 1 is 1.25 bits per heavy atom. The molecule has 1 amide bonds. The monoisotopic (exact) mass is 564 g/mol. The lowest BCUT2D eigenvalue weighted by atomic mass is 9.98. The summed E-state index contributed by atoms with van der Waals surface area (Å²) in [6.45, 7) is -0.346. The maximum absolute atomic E-state index is 14.5. The SMILES string of the molecule is O=C(O)[C@@H]1C[C@@H](S(=O)(=O)c2ccc(Br)cc2Cl)CN1C(=O)C1(c2ncc(Cl)cc2F)CC1. The van der Waals surface area contributed by atoms with Gasteiger partial charge in [0.2, 0.25) is 5.91 Å². The molecule has 12 heteroatoms. The maximum atomic E-state index is 14.5. The second kappa shape index (κ2) is 8.23. The van der Waals surface area contributed by atoms with Crippen LogP contribution in [0.4, 0.5) is 4.39 Å². The van der Waals surface area contributed by atoms with Crippen LogP contribution in [0.2, 0.25) is 10.0 Å². The highest BCUT2D eigenvalue weighted by atomic mass is 79.9. The van der Waals surface area contributed by atoms with Crippen molar-refractivity contribution in [3.63, 3.8) is 0 Å². The van der Waals surface area contributed by atoms with Crippen molar-refractivity contribution in [3.05, 3.63) is 56.5 Å². The Balaban J connectivity index is 1.67. The first-order valence-electron chi connectivity index (χ1n) is 9.52. The van der Waals surface area contributed by atoms with Gasteiger partial charge in [0.05, 0.1) is 31.3 Å². The van der Waals surface area contributed by atoms with Crippen LogP contribution in [0, 0.1) is 5.82 Å². The molecule has 4 rings (SSSR count). The van der Waals surface area contributed by atoms with Gasteiger partial charge in [-0.2, -0.15) is 0 Å². The molecular weight excluding hydrogens is 550 g/mol. The third-order valence-electron chi connectivity index (χ3n) is 5.87. The number of carboxylic acids is 1. The van der Waals surface area contributed by atoms with Crippen molar-refractivity contribution in [2.45, 2.75) is 40.9 Å². The van der Waals surface area contributed by atoms with Gasteiger partial charge in [0.1, 0.15) is 11.9 Å². The summed E-state index contributed by atoms with van der Waals surface area (Å²) in [7, 11) is -4.04. The number of aromatic nitrogens is 1. The van der Waals surface area contributed by atoms with Crippen molar-refractivity contribution in [1.29, 1.82) is 0 Å². The van der Waals surface area contributed by atoms with E-state index in [9.17, 15) is 27.5 Å². The molecule has 170 valence electrons. The van der Waals surface area contributed by atoms with E-state index in [0.29, 0.717) is 4.47 Å². The van der Waals surface area contributed by atoms with Gasteiger partial charge in [0.15, 0.2) is 9.84 Å². The average molecular weight is 566 g/mol. The van der Waals surface area contributed by atoms with Crippen molar-refractivity contribution in [1.82, 2.24) is 9.88 Å². The van der Waals surface area contributed by atoms with Crippen LogP contribution < -0.4 is 0 Å². The molecule has 1 saturated heterocycles. The Bertz CT molecular complexity index is 1240. The van der Waals surface area contributed by atoms with Crippen LogP contribution in [0.15, 0.2) is 39.8 Å². The summed E-state index contributed by atoms with van der Waals surface area (Å²) in [5, 5.41) is 8.58. The summed E-state index contributed by atoms with van der Waals surface area (Å²) in [5.74, 6) is -2.75. The number of rotatable bonds is 5. The molecule has 2 aromatic rings. The van der Waals surface area contributed by atoms with E-state index >= 15 is 0 Å². The van der Waals surface area contributed by atoms with E-state index in [2.05, 4.69) is 20.9 Å². The zero-order valence-electron chi connectivity index (χ0n) is 16.3. The van der Waals surface area contributed by atoms with Crippen molar-refractivity contribution in [2.24, 2.45) is 0 Å². The van der Waals surface area contributed by atoms with Gasteiger partial charge in [-0.1, -0.05) is 39.1 Å². The predicted octanol–water partition coefficient (Wildman–Crippen LogP) is 3.85. The Hall–Kier alpha value is -1.75. The third kappa shape index (κ3) is 3.91. The molecular formula is C20H16BrCl2FN2O5S. The van der Waals surface area contributed by atoms with Crippen LogP contribution >= 0.6 is 39.1 Å². The molecule has 1 aliphatic carbocycles. The Labute approximate surface area is 201 Å². The van der Waals surface area contributed by atoms with Gasteiger partial charge in [0, 0.05) is 17.2 Å². The van der Waals surface area contributed by atoms with Gasteiger partial charge in [-0.05, 0) is 43.5 Å². The van der Waals surface area contributed by atoms with E-state index in [1.54, 1.807) is 0 Å². The van der Waals surface area contributed by atoms with Crippen LogP contribution in [0.25, 0.3) is 0 Å². The summed E-state index contributed by atoms with van der Waals surface area (Å²) in [6.07, 6.45) is 1.46. The first-order valence-corrected chi connectivity index (χ1v) is 12.6. The maximum Gasteiger partial charge on any atom is 0.326 e. The standard InChI is InChI=1S/C20H16BrCl2FN2O5S/c21-10-1-2-16(13(23)5-10)32(30,31)12-7-15(18(27)28)26(9-12)19(29)20(3-4-20)17-14(24)6-11(22)8-25-17/h1-2,5-6,8,12,15H,3-4,7,9H2,(H,27,28)/t12-,15+/m1/s1. The van der Waals surface area contributed by atoms with Crippen LogP contribution in [0.3, 0.4) is 0 Å². The van der Waals surface area contributed by atoms with Crippen molar-refractivity contribution in [3.8, 4) is 0 Å². The van der Waals surface area contributed by atoms with Gasteiger partial charge in [-0.15, -0.1) is 0 Å². The fraction of sp³-hybridized carbons (Fsp3) is 0.350. The molecule has 2 heterocycles. The summed E-state index contributed by atoms with van der Waals surface area (Å²) in [5.41, 5.74) is -1.44. The van der Waals surface area contributed by atoms with E-state index in [4.69, 9.17) is 23.2 Å². The Kier molecular flexibility index (Phi) is 6.02. The molecule has 2 atom stereocenters. The number of halogens is 4. The molecule has 1 aliphatic heterocycles. The minimum Gasteiger partial charge on any atom is -0.480 e. The summed E-state index contributed by atoms with van der Waals surface area (Å²) >= 11 is 15.1. The number of nitrogens with zero attached hydrogens (tertiary/aromatic N) is 2. The Morgan fingerprint density at radius 2 is 1.94 bits per heavy atom. The van der Waals surface area contributed by atoms with Crippen molar-refractivity contribution < 1.29 is 27.5 Å². The fourth-order valence-electron chi connectivity index (χ4n) is 4.08. The highest BCUT2D eigenvalue weighted by Gasteiger charge is 2.59. The molecule has 1 N–H and O–H groups in total. The van der Waals surface area contributed by atoms with E-state index in [1.165, 1.54) is 24.4 Å². The van der Waals surface area contributed by atoms with Crippen LogP contribution in [0.5, 0.6) is 0 Å². The highest BCUT2D eigenvalue weighted by Crippen LogP contribution is 2.51. The fourth-order valence-corrected chi connectivity index (χ4v) is 6.97. The molecule has 2 fully saturated rings. The second-order valence-electron chi connectivity index (χ2n) is 7.86. The van der Waals surface area contributed by atoms with Gasteiger partial charge < -0.3 is 10.0 Å². The number of benzene rings is 1. The molecule has 0 radical (unpaired) electrons. The van der Waals surface area contributed by atoms with E-state index in [1.807, 2.05) is 0 Å². The molecule has 1 aromatic heterocycles. The first-order chi connectivity index (χ1) is 15.0. The van der Waals surface area contributed by atoms with Crippen LogP contribution in [-0.2, 0) is 24.8 Å². The van der Waals surface area contributed by atoms with Gasteiger partial charge in [0.25, 0.3) is 0 Å². The highest BCUT2D eigenvalue weighted by molar-refractivity contribution is 9.10. The minimum absolute atomic E-state index is 0.0119. The Morgan fingerprint density at radius 3 is 2.50 bits per heavy atom. The largest absolute Gasteiger partial charge is 0.480 e. The molecule has 1 aromatic carbocycles. The number of hydrogen-bond acceptors (Lipinski definition) is 5. The molecule has 0 unspecified atom stereocenters. The molecule has 7 nitrogen and oxygen atoms in total. The second-order valence-corrected chi connectivity index (χ2v) is 11.8. The zero-order chi connectivity index (χ0) is 23.4. The first kappa shape index (κ1) is 23.4.